The zero-order valence-electron chi connectivity index (χ0n) is 13.9. The zero-order chi connectivity index (χ0) is 16.9. The van der Waals surface area contributed by atoms with Crippen LogP contribution in [0.5, 0.6) is 0 Å². The molecule has 2 heterocycles. The normalized spacial score (nSPS) is 27.7. The summed E-state index contributed by atoms with van der Waals surface area (Å²) < 4.78 is 5.19. The van der Waals surface area contributed by atoms with Crippen molar-refractivity contribution in [2.75, 3.05) is 13.1 Å². The SMILES string of the molecule is O=C(NCC1CCCC(O)C1)C1CCCCN1C(=O)c1ccco1. The van der Waals surface area contributed by atoms with E-state index in [0.717, 1.165) is 38.5 Å². The monoisotopic (exact) mass is 334 g/mol. The Morgan fingerprint density at radius 2 is 2.12 bits per heavy atom. The van der Waals surface area contributed by atoms with Crippen LogP contribution in [-0.2, 0) is 4.79 Å². The zero-order valence-corrected chi connectivity index (χ0v) is 13.9. The molecule has 2 aliphatic rings. The first-order chi connectivity index (χ1) is 11.6. The first kappa shape index (κ1) is 17.0. The molecule has 0 bridgehead atoms. The molecular formula is C18H26N2O4. The summed E-state index contributed by atoms with van der Waals surface area (Å²) in [5, 5.41) is 12.7. The van der Waals surface area contributed by atoms with E-state index in [9.17, 15) is 14.7 Å². The number of hydrogen-bond acceptors (Lipinski definition) is 4. The van der Waals surface area contributed by atoms with Gasteiger partial charge in [0.1, 0.15) is 6.04 Å². The largest absolute Gasteiger partial charge is 0.459 e. The molecule has 2 N–H and O–H groups in total. The highest BCUT2D eigenvalue weighted by Gasteiger charge is 2.34. The Labute approximate surface area is 142 Å². The lowest BCUT2D eigenvalue weighted by Crippen LogP contribution is -2.52. The number of hydrogen-bond donors (Lipinski definition) is 2. The fraction of sp³-hybridized carbons (Fsp3) is 0.667. The Kier molecular flexibility index (Phi) is 5.56. The number of carbonyl (C=O) groups excluding carboxylic acids is 2. The molecule has 24 heavy (non-hydrogen) atoms. The predicted octanol–water partition coefficient (Wildman–Crippen LogP) is 1.94. The molecule has 6 heteroatoms. The number of furan rings is 1. The lowest BCUT2D eigenvalue weighted by Gasteiger charge is -2.34. The van der Waals surface area contributed by atoms with Crippen molar-refractivity contribution in [2.45, 2.75) is 57.1 Å². The summed E-state index contributed by atoms with van der Waals surface area (Å²) in [4.78, 5) is 26.8. The minimum absolute atomic E-state index is 0.0883. The minimum Gasteiger partial charge on any atom is -0.459 e. The molecular weight excluding hydrogens is 308 g/mol. The highest BCUT2D eigenvalue weighted by atomic mass is 16.3. The van der Waals surface area contributed by atoms with Crippen LogP contribution in [0.15, 0.2) is 22.8 Å². The predicted molar refractivity (Wildman–Crippen MR) is 88.4 cm³/mol. The third-order valence-corrected chi connectivity index (χ3v) is 5.12. The Morgan fingerprint density at radius 1 is 1.25 bits per heavy atom. The van der Waals surface area contributed by atoms with Crippen LogP contribution in [-0.4, -0.2) is 47.1 Å². The van der Waals surface area contributed by atoms with E-state index in [1.807, 2.05) is 0 Å². The van der Waals surface area contributed by atoms with Crippen molar-refractivity contribution in [1.82, 2.24) is 10.2 Å². The van der Waals surface area contributed by atoms with Crippen LogP contribution < -0.4 is 5.32 Å². The van der Waals surface area contributed by atoms with E-state index in [4.69, 9.17) is 4.42 Å². The van der Waals surface area contributed by atoms with Crippen LogP contribution in [0.2, 0.25) is 0 Å². The van der Waals surface area contributed by atoms with E-state index in [1.54, 1.807) is 17.0 Å². The van der Waals surface area contributed by atoms with E-state index in [0.29, 0.717) is 25.4 Å². The molecule has 3 atom stereocenters. The van der Waals surface area contributed by atoms with Crippen molar-refractivity contribution in [1.29, 1.82) is 0 Å². The van der Waals surface area contributed by atoms with Crippen LogP contribution >= 0.6 is 0 Å². The third-order valence-electron chi connectivity index (χ3n) is 5.12. The van der Waals surface area contributed by atoms with Crippen LogP contribution in [0.25, 0.3) is 0 Å². The second-order valence-electron chi connectivity index (χ2n) is 6.92. The van der Waals surface area contributed by atoms with Gasteiger partial charge in [-0.3, -0.25) is 9.59 Å². The summed E-state index contributed by atoms with van der Waals surface area (Å²) in [6, 6.07) is 2.89. The number of nitrogens with one attached hydrogen (secondary N) is 1. The lowest BCUT2D eigenvalue weighted by molar-refractivity contribution is -0.127. The van der Waals surface area contributed by atoms with E-state index in [2.05, 4.69) is 5.32 Å². The maximum absolute atomic E-state index is 12.6. The molecule has 0 aromatic carbocycles. The summed E-state index contributed by atoms with van der Waals surface area (Å²) in [5.41, 5.74) is 0. The van der Waals surface area contributed by atoms with Crippen molar-refractivity contribution in [3.8, 4) is 0 Å². The van der Waals surface area contributed by atoms with Crippen LogP contribution in [0, 0.1) is 5.92 Å². The molecule has 1 aliphatic carbocycles. The van der Waals surface area contributed by atoms with Crippen LogP contribution in [0.3, 0.4) is 0 Å². The number of aliphatic hydroxyl groups excluding tert-OH is 1. The van der Waals surface area contributed by atoms with Gasteiger partial charge in [-0.1, -0.05) is 6.42 Å². The van der Waals surface area contributed by atoms with Crippen molar-refractivity contribution in [3.05, 3.63) is 24.2 Å². The minimum atomic E-state index is -0.426. The average Bonchev–Trinajstić information content (AvgIpc) is 3.14. The molecule has 0 spiro atoms. The number of carbonyl (C=O) groups is 2. The third kappa shape index (κ3) is 3.98. The second kappa shape index (κ2) is 7.83. The number of aliphatic hydroxyl groups is 1. The summed E-state index contributed by atoms with van der Waals surface area (Å²) in [6.07, 6.45) is 7.43. The number of nitrogens with zero attached hydrogens (tertiary/aromatic N) is 1. The van der Waals surface area contributed by atoms with Crippen molar-refractivity contribution in [3.63, 3.8) is 0 Å². The molecule has 1 saturated carbocycles. The molecule has 0 radical (unpaired) electrons. The van der Waals surface area contributed by atoms with E-state index < -0.39 is 6.04 Å². The van der Waals surface area contributed by atoms with E-state index in [-0.39, 0.29) is 23.7 Å². The molecule has 132 valence electrons. The van der Waals surface area contributed by atoms with Gasteiger partial charge in [0, 0.05) is 13.1 Å². The van der Waals surface area contributed by atoms with Gasteiger partial charge < -0.3 is 19.7 Å². The van der Waals surface area contributed by atoms with Crippen molar-refractivity contribution in [2.24, 2.45) is 5.92 Å². The van der Waals surface area contributed by atoms with Gasteiger partial charge >= 0.3 is 0 Å². The lowest BCUT2D eigenvalue weighted by atomic mass is 9.87. The van der Waals surface area contributed by atoms with Gasteiger partial charge in [0.25, 0.3) is 5.91 Å². The first-order valence-corrected chi connectivity index (χ1v) is 8.95. The average molecular weight is 334 g/mol. The fourth-order valence-electron chi connectivity index (χ4n) is 3.80. The van der Waals surface area contributed by atoms with Gasteiger partial charge in [-0.25, -0.2) is 0 Å². The Balaban J connectivity index is 1.58. The Morgan fingerprint density at radius 3 is 2.88 bits per heavy atom. The summed E-state index contributed by atoms with van der Waals surface area (Å²) in [6.45, 7) is 1.16. The first-order valence-electron chi connectivity index (χ1n) is 8.95. The maximum atomic E-state index is 12.6. The summed E-state index contributed by atoms with van der Waals surface area (Å²) in [5.74, 6) is 0.309. The van der Waals surface area contributed by atoms with Gasteiger partial charge in [0.05, 0.1) is 12.4 Å². The molecule has 2 amide bonds. The van der Waals surface area contributed by atoms with E-state index in [1.165, 1.54) is 6.26 Å². The van der Waals surface area contributed by atoms with Gasteiger partial charge in [-0.05, 0) is 56.6 Å². The second-order valence-corrected chi connectivity index (χ2v) is 6.92. The molecule has 1 aromatic heterocycles. The highest BCUT2D eigenvalue weighted by molar-refractivity contribution is 5.95. The summed E-state index contributed by atoms with van der Waals surface area (Å²) >= 11 is 0. The molecule has 2 fully saturated rings. The van der Waals surface area contributed by atoms with Gasteiger partial charge in [0.2, 0.25) is 5.91 Å². The number of rotatable bonds is 4. The van der Waals surface area contributed by atoms with Gasteiger partial charge in [-0.2, -0.15) is 0 Å². The highest BCUT2D eigenvalue weighted by Crippen LogP contribution is 2.24. The molecule has 6 nitrogen and oxygen atoms in total. The fourth-order valence-corrected chi connectivity index (χ4v) is 3.80. The molecule has 1 aliphatic heterocycles. The summed E-state index contributed by atoms with van der Waals surface area (Å²) in [7, 11) is 0. The van der Waals surface area contributed by atoms with Gasteiger partial charge in [0.15, 0.2) is 5.76 Å². The number of amides is 2. The Bertz CT molecular complexity index is 557. The molecule has 3 rings (SSSR count). The Hall–Kier alpha value is -1.82. The van der Waals surface area contributed by atoms with E-state index >= 15 is 0 Å². The van der Waals surface area contributed by atoms with Crippen molar-refractivity contribution < 1.29 is 19.1 Å². The maximum Gasteiger partial charge on any atom is 0.290 e. The molecule has 1 aromatic rings. The quantitative estimate of drug-likeness (QED) is 0.881. The number of likely N-dealkylation sites (tertiary alicyclic amines) is 1. The van der Waals surface area contributed by atoms with Gasteiger partial charge in [-0.15, -0.1) is 0 Å². The molecule has 3 unspecified atom stereocenters. The standard InChI is InChI=1S/C18H26N2O4/c21-14-6-3-5-13(11-14)12-19-17(22)15-7-1-2-9-20(15)18(23)16-8-4-10-24-16/h4,8,10,13-15,21H,1-3,5-7,9,11-12H2,(H,19,22). The van der Waals surface area contributed by atoms with Crippen LogP contribution in [0.1, 0.15) is 55.5 Å². The topological polar surface area (TPSA) is 82.8 Å². The van der Waals surface area contributed by atoms with Crippen molar-refractivity contribution >= 4 is 11.8 Å². The molecule has 1 saturated heterocycles. The smallest absolute Gasteiger partial charge is 0.290 e. The van der Waals surface area contributed by atoms with Crippen LogP contribution in [0.4, 0.5) is 0 Å². The number of piperidine rings is 1.